The van der Waals surface area contributed by atoms with Crippen LogP contribution in [0.5, 0.6) is 5.75 Å². The summed E-state index contributed by atoms with van der Waals surface area (Å²) in [5, 5.41) is 0. The van der Waals surface area contributed by atoms with Crippen LogP contribution in [0.25, 0.3) is 0 Å². The summed E-state index contributed by atoms with van der Waals surface area (Å²) >= 11 is 0. The zero-order valence-corrected chi connectivity index (χ0v) is 15.3. The molecule has 3 rings (SSSR count). The van der Waals surface area contributed by atoms with Crippen molar-refractivity contribution in [2.24, 2.45) is 17.6 Å². The predicted octanol–water partition coefficient (Wildman–Crippen LogP) is 1.67. The van der Waals surface area contributed by atoms with Crippen LogP contribution < -0.4 is 21.3 Å². The molecule has 9 heteroatoms. The number of carbonyl (C=O) groups is 1. The lowest BCUT2D eigenvalue weighted by Gasteiger charge is -2.27. The Hall–Kier alpha value is -1.48. The number of halogens is 3. The molecule has 0 aliphatic carbocycles. The maximum atomic E-state index is 13.0. The Morgan fingerprint density at radius 1 is 1.46 bits per heavy atom. The van der Waals surface area contributed by atoms with Crippen LogP contribution in [0.3, 0.4) is 0 Å². The minimum atomic E-state index is -2.87. The molecule has 2 aliphatic rings. The first kappa shape index (κ1) is 20.8. The number of likely N-dealkylation sites (tertiary alicyclic amines) is 1. The van der Waals surface area contributed by atoms with Crippen molar-refractivity contribution >= 4 is 18.3 Å². The Bertz CT molecular complexity index is 622. The number of benzene rings is 1. The van der Waals surface area contributed by atoms with Gasteiger partial charge in [0.25, 0.3) is 0 Å². The van der Waals surface area contributed by atoms with Crippen molar-refractivity contribution in [1.82, 2.24) is 15.8 Å². The Kier molecular flexibility index (Phi) is 7.16. The van der Waals surface area contributed by atoms with Crippen molar-refractivity contribution < 1.29 is 18.3 Å². The molecule has 0 saturated carbocycles. The van der Waals surface area contributed by atoms with Crippen molar-refractivity contribution in [1.29, 1.82) is 0 Å². The minimum absolute atomic E-state index is 0. The van der Waals surface area contributed by atoms with Gasteiger partial charge in [-0.1, -0.05) is 12.1 Å². The van der Waals surface area contributed by atoms with Crippen molar-refractivity contribution in [3.8, 4) is 5.75 Å². The van der Waals surface area contributed by atoms with Crippen molar-refractivity contribution in [3.05, 3.63) is 29.8 Å². The third kappa shape index (κ3) is 4.43. The first-order chi connectivity index (χ1) is 12.0. The van der Waals surface area contributed by atoms with Crippen LogP contribution in [0, 0.1) is 11.8 Å². The number of alkyl halides is 2. The molecule has 2 aliphatic heterocycles. The molecule has 6 nitrogen and oxygen atoms in total. The molecule has 1 aromatic carbocycles. The number of nitrogens with one attached hydrogen (secondary N) is 2. The number of rotatable bonds is 5. The smallest absolute Gasteiger partial charge is 0.387 e. The fourth-order valence-electron chi connectivity index (χ4n) is 3.76. The van der Waals surface area contributed by atoms with E-state index in [1.807, 2.05) is 11.8 Å². The molecule has 2 heterocycles. The summed E-state index contributed by atoms with van der Waals surface area (Å²) in [6.45, 7) is 0.899. The SMILES string of the molecule is CC1CC(CN)CN1C(=O)C1CNNC1c1cccc(OC(F)F)c1.Cl. The highest BCUT2D eigenvalue weighted by molar-refractivity contribution is 5.85. The van der Waals surface area contributed by atoms with E-state index in [1.165, 1.54) is 6.07 Å². The molecule has 4 N–H and O–H groups in total. The maximum absolute atomic E-state index is 13.0. The van der Waals surface area contributed by atoms with Crippen LogP contribution in [0.15, 0.2) is 24.3 Å². The summed E-state index contributed by atoms with van der Waals surface area (Å²) in [5.41, 5.74) is 12.6. The van der Waals surface area contributed by atoms with Gasteiger partial charge in [0.05, 0.1) is 12.0 Å². The Morgan fingerprint density at radius 3 is 2.88 bits per heavy atom. The van der Waals surface area contributed by atoms with E-state index in [9.17, 15) is 13.6 Å². The highest BCUT2D eigenvalue weighted by Gasteiger charge is 2.40. The van der Waals surface area contributed by atoms with Crippen LogP contribution >= 0.6 is 12.4 Å². The molecule has 1 aromatic rings. The van der Waals surface area contributed by atoms with E-state index < -0.39 is 6.61 Å². The largest absolute Gasteiger partial charge is 0.435 e. The van der Waals surface area contributed by atoms with Gasteiger partial charge in [-0.15, -0.1) is 12.4 Å². The van der Waals surface area contributed by atoms with Gasteiger partial charge in [0.1, 0.15) is 5.75 Å². The summed E-state index contributed by atoms with van der Waals surface area (Å²) in [6.07, 6.45) is 0.915. The molecule has 4 unspecified atom stereocenters. The van der Waals surface area contributed by atoms with E-state index in [2.05, 4.69) is 15.6 Å². The second kappa shape index (κ2) is 8.94. The fourth-order valence-corrected chi connectivity index (χ4v) is 3.76. The van der Waals surface area contributed by atoms with E-state index in [0.717, 1.165) is 12.0 Å². The third-order valence-electron chi connectivity index (χ3n) is 5.02. The maximum Gasteiger partial charge on any atom is 0.387 e. The summed E-state index contributed by atoms with van der Waals surface area (Å²) in [7, 11) is 0. The summed E-state index contributed by atoms with van der Waals surface area (Å²) < 4.78 is 29.3. The Balaban J connectivity index is 0.00000243. The topological polar surface area (TPSA) is 79.6 Å². The molecule has 0 bridgehead atoms. The van der Waals surface area contributed by atoms with Gasteiger partial charge in [-0.3, -0.25) is 10.2 Å². The third-order valence-corrected chi connectivity index (χ3v) is 5.02. The molecule has 146 valence electrons. The molecule has 0 spiro atoms. The predicted molar refractivity (Wildman–Crippen MR) is 96.0 cm³/mol. The van der Waals surface area contributed by atoms with E-state index in [4.69, 9.17) is 5.73 Å². The molecule has 2 saturated heterocycles. The molecule has 26 heavy (non-hydrogen) atoms. The lowest BCUT2D eigenvalue weighted by Crippen LogP contribution is -2.41. The minimum Gasteiger partial charge on any atom is -0.435 e. The number of nitrogens with two attached hydrogens (primary N) is 1. The number of hydrogen-bond acceptors (Lipinski definition) is 5. The van der Waals surface area contributed by atoms with Crippen molar-refractivity contribution in [2.45, 2.75) is 32.0 Å². The molecule has 2 fully saturated rings. The van der Waals surface area contributed by atoms with Crippen LogP contribution in [-0.4, -0.2) is 43.1 Å². The van der Waals surface area contributed by atoms with Gasteiger partial charge in [-0.25, -0.2) is 5.43 Å². The van der Waals surface area contributed by atoms with Gasteiger partial charge in [0, 0.05) is 19.1 Å². The van der Waals surface area contributed by atoms with E-state index >= 15 is 0 Å². The quantitative estimate of drug-likeness (QED) is 0.712. The van der Waals surface area contributed by atoms with Gasteiger partial charge in [-0.2, -0.15) is 8.78 Å². The lowest BCUT2D eigenvalue weighted by molar-refractivity contribution is -0.136. The molecule has 4 atom stereocenters. The number of amides is 1. The normalized spacial score (nSPS) is 28.3. The molecule has 0 radical (unpaired) electrons. The summed E-state index contributed by atoms with van der Waals surface area (Å²) in [5.74, 6) is 0.180. The van der Waals surface area contributed by atoms with Crippen LogP contribution in [-0.2, 0) is 4.79 Å². The van der Waals surface area contributed by atoms with Gasteiger partial charge >= 0.3 is 6.61 Å². The standard InChI is InChI=1S/C17H24F2N4O2.ClH/c1-10-5-11(7-20)9-23(10)16(24)14-8-21-22-15(14)12-3-2-4-13(6-12)25-17(18)19;/h2-4,6,10-11,14-15,17,21-22H,5,7-9,20H2,1H3;1H. The highest BCUT2D eigenvalue weighted by Crippen LogP contribution is 2.32. The molecular formula is C17H25ClF2N4O2. The second-order valence-electron chi connectivity index (χ2n) is 6.74. The van der Waals surface area contributed by atoms with E-state index in [-0.39, 0.29) is 42.1 Å². The molecular weight excluding hydrogens is 366 g/mol. The summed E-state index contributed by atoms with van der Waals surface area (Å²) in [6, 6.07) is 6.35. The second-order valence-corrected chi connectivity index (χ2v) is 6.74. The molecule has 0 aromatic heterocycles. The lowest BCUT2D eigenvalue weighted by atomic mass is 9.93. The Labute approximate surface area is 157 Å². The van der Waals surface area contributed by atoms with Crippen molar-refractivity contribution in [3.63, 3.8) is 0 Å². The molecule has 1 amide bonds. The zero-order chi connectivity index (χ0) is 18.0. The van der Waals surface area contributed by atoms with E-state index in [1.54, 1.807) is 18.2 Å². The zero-order valence-electron chi connectivity index (χ0n) is 14.5. The number of hydrazine groups is 1. The fraction of sp³-hybridized carbons (Fsp3) is 0.588. The average Bonchev–Trinajstić information content (AvgIpc) is 3.20. The van der Waals surface area contributed by atoms with Gasteiger partial charge in [0.2, 0.25) is 5.91 Å². The van der Waals surface area contributed by atoms with Crippen LogP contribution in [0.2, 0.25) is 0 Å². The van der Waals surface area contributed by atoms with Crippen LogP contribution in [0.1, 0.15) is 24.9 Å². The number of ether oxygens (including phenoxy) is 1. The van der Waals surface area contributed by atoms with E-state index in [0.29, 0.717) is 25.6 Å². The Morgan fingerprint density at radius 2 is 2.23 bits per heavy atom. The average molecular weight is 391 g/mol. The summed E-state index contributed by atoms with van der Waals surface area (Å²) in [4.78, 5) is 14.9. The first-order valence-electron chi connectivity index (χ1n) is 8.53. The van der Waals surface area contributed by atoms with Gasteiger partial charge in [0.15, 0.2) is 0 Å². The first-order valence-corrected chi connectivity index (χ1v) is 8.53. The highest BCUT2D eigenvalue weighted by atomic mass is 35.5. The van der Waals surface area contributed by atoms with Gasteiger partial charge < -0.3 is 15.4 Å². The number of nitrogens with zero attached hydrogens (tertiary/aromatic N) is 1. The van der Waals surface area contributed by atoms with Crippen molar-refractivity contribution in [2.75, 3.05) is 19.6 Å². The monoisotopic (exact) mass is 390 g/mol. The number of carbonyl (C=O) groups excluding carboxylic acids is 1. The van der Waals surface area contributed by atoms with Gasteiger partial charge in [-0.05, 0) is 43.5 Å². The van der Waals surface area contributed by atoms with Crippen LogP contribution in [0.4, 0.5) is 8.78 Å². The number of hydrogen-bond donors (Lipinski definition) is 3.